The highest BCUT2D eigenvalue weighted by molar-refractivity contribution is 6.06. The molecular weight excluding hydrogens is 214 g/mol. The van der Waals surface area contributed by atoms with Crippen molar-refractivity contribution in [1.82, 2.24) is 9.97 Å². The number of benzene rings is 1. The number of aromatic amines is 1. The Morgan fingerprint density at radius 3 is 3.06 bits per heavy atom. The van der Waals surface area contributed by atoms with Gasteiger partial charge in [0.05, 0.1) is 12.5 Å². The average molecular weight is 227 g/mol. The van der Waals surface area contributed by atoms with Crippen molar-refractivity contribution in [2.45, 2.75) is 19.4 Å². The maximum absolute atomic E-state index is 12.3. The molecule has 86 valence electrons. The summed E-state index contributed by atoms with van der Waals surface area (Å²) in [5.74, 6) is -0.0139. The third-order valence-corrected chi connectivity index (χ3v) is 3.15. The summed E-state index contributed by atoms with van der Waals surface area (Å²) in [5, 5.41) is 0. The molecule has 1 N–H and O–H groups in total. The molecule has 0 saturated carbocycles. The molecule has 0 spiro atoms. The molecular formula is C13H13N3O. The van der Waals surface area contributed by atoms with E-state index >= 15 is 0 Å². The maximum Gasteiger partial charge on any atom is 0.276 e. The number of H-pyrrole nitrogens is 1. The first-order valence-electron chi connectivity index (χ1n) is 5.67. The topological polar surface area (TPSA) is 49.0 Å². The van der Waals surface area contributed by atoms with Crippen LogP contribution in [0.3, 0.4) is 0 Å². The highest BCUT2D eigenvalue weighted by atomic mass is 16.2. The van der Waals surface area contributed by atoms with E-state index in [1.165, 1.54) is 11.9 Å². The van der Waals surface area contributed by atoms with Crippen LogP contribution in [-0.2, 0) is 6.42 Å². The number of carbonyl (C=O) groups excluding carboxylic acids is 1. The van der Waals surface area contributed by atoms with Gasteiger partial charge in [-0.25, -0.2) is 4.98 Å². The van der Waals surface area contributed by atoms with Crippen LogP contribution in [0, 0.1) is 0 Å². The van der Waals surface area contributed by atoms with E-state index in [9.17, 15) is 4.79 Å². The minimum absolute atomic E-state index is 0.0139. The summed E-state index contributed by atoms with van der Waals surface area (Å²) in [5.41, 5.74) is 2.78. The lowest BCUT2D eigenvalue weighted by Gasteiger charge is -2.21. The molecule has 2 aromatic rings. The fourth-order valence-electron chi connectivity index (χ4n) is 2.38. The van der Waals surface area contributed by atoms with Gasteiger partial charge < -0.3 is 9.88 Å². The Bertz CT molecular complexity index is 548. The Kier molecular flexibility index (Phi) is 2.21. The largest absolute Gasteiger partial charge is 0.341 e. The normalized spacial score (nSPS) is 18.2. The van der Waals surface area contributed by atoms with Gasteiger partial charge in [-0.15, -0.1) is 0 Å². The minimum atomic E-state index is -0.0139. The third-order valence-electron chi connectivity index (χ3n) is 3.15. The molecule has 2 heterocycles. The number of nitrogens with zero attached hydrogens (tertiary/aromatic N) is 2. The average Bonchev–Trinajstić information content (AvgIpc) is 2.94. The van der Waals surface area contributed by atoms with E-state index in [0.29, 0.717) is 5.69 Å². The number of amides is 1. The van der Waals surface area contributed by atoms with Gasteiger partial charge >= 0.3 is 0 Å². The Balaban J connectivity index is 2.01. The van der Waals surface area contributed by atoms with Crippen LogP contribution in [0.1, 0.15) is 23.0 Å². The number of anilines is 1. The van der Waals surface area contributed by atoms with Gasteiger partial charge in [-0.1, -0.05) is 18.2 Å². The highest BCUT2D eigenvalue weighted by Gasteiger charge is 2.31. The summed E-state index contributed by atoms with van der Waals surface area (Å²) in [6.07, 6.45) is 4.01. The summed E-state index contributed by atoms with van der Waals surface area (Å²) in [7, 11) is 0. The zero-order valence-electron chi connectivity index (χ0n) is 9.55. The monoisotopic (exact) mass is 227 g/mol. The van der Waals surface area contributed by atoms with Crippen molar-refractivity contribution in [2.75, 3.05) is 4.90 Å². The van der Waals surface area contributed by atoms with Crippen LogP contribution >= 0.6 is 0 Å². The lowest BCUT2D eigenvalue weighted by Crippen LogP contribution is -2.35. The van der Waals surface area contributed by atoms with Gasteiger partial charge in [0.1, 0.15) is 5.69 Å². The number of aromatic nitrogens is 2. The number of rotatable bonds is 1. The van der Waals surface area contributed by atoms with E-state index in [1.54, 1.807) is 6.20 Å². The molecule has 1 aromatic heterocycles. The Labute approximate surface area is 99.3 Å². The molecule has 3 rings (SSSR count). The van der Waals surface area contributed by atoms with Crippen LogP contribution in [0.2, 0.25) is 0 Å². The van der Waals surface area contributed by atoms with E-state index in [4.69, 9.17) is 0 Å². The van der Waals surface area contributed by atoms with Crippen molar-refractivity contribution < 1.29 is 4.79 Å². The SMILES string of the molecule is CC1Cc2ccccc2N1C(=O)c1cnc[nH]1. The van der Waals surface area contributed by atoms with Crippen molar-refractivity contribution in [1.29, 1.82) is 0 Å². The first kappa shape index (κ1) is 10.1. The fourth-order valence-corrected chi connectivity index (χ4v) is 2.38. The number of nitrogens with one attached hydrogen (secondary N) is 1. The predicted octanol–water partition coefficient (Wildman–Crippen LogP) is 2.00. The Hall–Kier alpha value is -2.10. The van der Waals surface area contributed by atoms with Crippen LogP contribution in [-0.4, -0.2) is 21.9 Å². The second-order valence-electron chi connectivity index (χ2n) is 4.32. The van der Waals surface area contributed by atoms with Gasteiger partial charge in [0.2, 0.25) is 0 Å². The molecule has 1 aliphatic heterocycles. The molecule has 0 saturated heterocycles. The van der Waals surface area contributed by atoms with Gasteiger partial charge in [0.25, 0.3) is 5.91 Å². The Morgan fingerprint density at radius 2 is 2.29 bits per heavy atom. The zero-order valence-corrected chi connectivity index (χ0v) is 9.55. The summed E-state index contributed by atoms with van der Waals surface area (Å²) in [6.45, 7) is 2.06. The first-order chi connectivity index (χ1) is 8.27. The molecule has 0 fully saturated rings. The number of hydrogen-bond donors (Lipinski definition) is 1. The van der Waals surface area contributed by atoms with Crippen molar-refractivity contribution in [3.63, 3.8) is 0 Å². The van der Waals surface area contributed by atoms with Gasteiger partial charge in [0.15, 0.2) is 0 Å². The number of carbonyl (C=O) groups is 1. The van der Waals surface area contributed by atoms with Crippen LogP contribution in [0.4, 0.5) is 5.69 Å². The van der Waals surface area contributed by atoms with Crippen molar-refractivity contribution in [3.05, 3.63) is 48.0 Å². The fraction of sp³-hybridized carbons (Fsp3) is 0.231. The molecule has 1 unspecified atom stereocenters. The lowest BCUT2D eigenvalue weighted by atomic mass is 10.1. The van der Waals surface area contributed by atoms with Gasteiger partial charge in [-0.2, -0.15) is 0 Å². The summed E-state index contributed by atoms with van der Waals surface area (Å²) in [6, 6.07) is 8.24. The molecule has 4 nitrogen and oxygen atoms in total. The van der Waals surface area contributed by atoms with Crippen molar-refractivity contribution in [3.8, 4) is 0 Å². The summed E-state index contributed by atoms with van der Waals surface area (Å²) in [4.78, 5) is 20.9. The van der Waals surface area contributed by atoms with E-state index in [1.807, 2.05) is 23.1 Å². The van der Waals surface area contributed by atoms with Crippen LogP contribution in [0.25, 0.3) is 0 Å². The lowest BCUT2D eigenvalue weighted by molar-refractivity contribution is 0.0977. The molecule has 1 amide bonds. The van der Waals surface area contributed by atoms with E-state index in [0.717, 1.165) is 12.1 Å². The van der Waals surface area contributed by atoms with Crippen molar-refractivity contribution in [2.24, 2.45) is 0 Å². The van der Waals surface area contributed by atoms with Crippen LogP contribution in [0.5, 0.6) is 0 Å². The first-order valence-corrected chi connectivity index (χ1v) is 5.67. The van der Waals surface area contributed by atoms with Gasteiger partial charge in [-0.05, 0) is 25.0 Å². The molecule has 1 aliphatic rings. The number of fused-ring (bicyclic) bond motifs is 1. The van der Waals surface area contributed by atoms with Gasteiger partial charge in [-0.3, -0.25) is 4.79 Å². The minimum Gasteiger partial charge on any atom is -0.341 e. The molecule has 0 radical (unpaired) electrons. The summed E-state index contributed by atoms with van der Waals surface area (Å²) < 4.78 is 0. The van der Waals surface area contributed by atoms with Crippen LogP contribution in [0.15, 0.2) is 36.8 Å². The molecule has 17 heavy (non-hydrogen) atoms. The predicted molar refractivity (Wildman–Crippen MR) is 65.0 cm³/mol. The highest BCUT2D eigenvalue weighted by Crippen LogP contribution is 2.32. The second-order valence-corrected chi connectivity index (χ2v) is 4.32. The number of para-hydroxylation sites is 1. The smallest absolute Gasteiger partial charge is 0.276 e. The molecule has 4 heteroatoms. The van der Waals surface area contributed by atoms with E-state index in [2.05, 4.69) is 23.0 Å². The van der Waals surface area contributed by atoms with Gasteiger partial charge in [0, 0.05) is 11.7 Å². The number of hydrogen-bond acceptors (Lipinski definition) is 2. The molecule has 0 bridgehead atoms. The van der Waals surface area contributed by atoms with Crippen LogP contribution < -0.4 is 4.90 Å². The Morgan fingerprint density at radius 1 is 1.47 bits per heavy atom. The van der Waals surface area contributed by atoms with E-state index < -0.39 is 0 Å². The standard InChI is InChI=1S/C13H13N3O/c1-9-6-10-4-2-3-5-12(10)16(9)13(17)11-7-14-8-15-11/h2-5,7-9H,6H2,1H3,(H,14,15). The second kappa shape index (κ2) is 3.73. The number of imidazole rings is 1. The third kappa shape index (κ3) is 1.53. The summed E-state index contributed by atoms with van der Waals surface area (Å²) >= 11 is 0. The maximum atomic E-state index is 12.3. The molecule has 1 aromatic carbocycles. The molecule has 1 atom stereocenters. The van der Waals surface area contributed by atoms with Crippen molar-refractivity contribution >= 4 is 11.6 Å². The van der Waals surface area contributed by atoms with E-state index in [-0.39, 0.29) is 11.9 Å². The molecule has 0 aliphatic carbocycles. The quantitative estimate of drug-likeness (QED) is 0.810. The zero-order chi connectivity index (χ0) is 11.8.